The topological polar surface area (TPSA) is 98.7 Å². The van der Waals surface area contributed by atoms with Crippen LogP contribution in [0.4, 0.5) is 5.69 Å². The first-order valence-electron chi connectivity index (χ1n) is 6.92. The molecule has 4 N–H and O–H groups in total. The van der Waals surface area contributed by atoms with E-state index in [1.165, 1.54) is 18.2 Å². The number of phenolic OH excluding ortho intramolecular Hbond substituents is 1. The molecule has 1 atom stereocenters. The zero-order valence-corrected chi connectivity index (χ0v) is 12.1. The molecule has 21 heavy (non-hydrogen) atoms. The van der Waals surface area contributed by atoms with Gasteiger partial charge in [0, 0.05) is 0 Å². The molecule has 1 aromatic carbocycles. The number of anilines is 1. The van der Waals surface area contributed by atoms with Crippen molar-refractivity contribution >= 4 is 17.6 Å². The normalized spacial score (nSPS) is 20.8. The SMILES string of the molecule is CC1(C)CCCNC1C(=O)Nc1cc(C(=O)O)ccc1O. The minimum absolute atomic E-state index is 0.0129. The first-order chi connectivity index (χ1) is 9.81. The molecule has 0 aromatic heterocycles. The van der Waals surface area contributed by atoms with E-state index < -0.39 is 5.97 Å². The third kappa shape index (κ3) is 3.33. The molecule has 0 bridgehead atoms. The first kappa shape index (κ1) is 15.3. The number of aromatic hydroxyl groups is 1. The summed E-state index contributed by atoms with van der Waals surface area (Å²) in [4.78, 5) is 23.3. The second-order valence-corrected chi connectivity index (χ2v) is 6.01. The highest BCUT2D eigenvalue weighted by atomic mass is 16.4. The summed E-state index contributed by atoms with van der Waals surface area (Å²) in [5.41, 5.74) is -0.0652. The van der Waals surface area contributed by atoms with Gasteiger partial charge < -0.3 is 20.8 Å². The molecule has 1 aliphatic heterocycles. The van der Waals surface area contributed by atoms with Crippen molar-refractivity contribution in [1.29, 1.82) is 0 Å². The maximum atomic E-state index is 12.4. The molecule has 1 heterocycles. The number of rotatable bonds is 3. The van der Waals surface area contributed by atoms with Gasteiger partial charge in [0.05, 0.1) is 17.3 Å². The van der Waals surface area contributed by atoms with E-state index in [0.717, 1.165) is 19.4 Å². The fourth-order valence-corrected chi connectivity index (χ4v) is 2.63. The van der Waals surface area contributed by atoms with Crippen LogP contribution >= 0.6 is 0 Å². The summed E-state index contributed by atoms with van der Waals surface area (Å²) in [5, 5.41) is 24.5. The molecule has 1 aliphatic rings. The van der Waals surface area contributed by atoms with Crippen molar-refractivity contribution in [3.05, 3.63) is 23.8 Å². The van der Waals surface area contributed by atoms with Crippen molar-refractivity contribution in [2.24, 2.45) is 5.41 Å². The fraction of sp³-hybridized carbons (Fsp3) is 0.467. The van der Waals surface area contributed by atoms with Crippen LogP contribution in [0.15, 0.2) is 18.2 Å². The highest BCUT2D eigenvalue weighted by Crippen LogP contribution is 2.32. The van der Waals surface area contributed by atoms with Crippen molar-refractivity contribution in [3.63, 3.8) is 0 Å². The van der Waals surface area contributed by atoms with Gasteiger partial charge in [-0.05, 0) is 43.0 Å². The number of hydrogen-bond donors (Lipinski definition) is 4. The van der Waals surface area contributed by atoms with Gasteiger partial charge in [-0.15, -0.1) is 0 Å². The molecule has 1 saturated heterocycles. The number of nitrogens with one attached hydrogen (secondary N) is 2. The van der Waals surface area contributed by atoms with Gasteiger partial charge in [0.15, 0.2) is 0 Å². The van der Waals surface area contributed by atoms with Crippen LogP contribution < -0.4 is 10.6 Å². The molecule has 0 aliphatic carbocycles. The minimum Gasteiger partial charge on any atom is -0.506 e. The van der Waals surface area contributed by atoms with E-state index in [0.29, 0.717) is 0 Å². The Bertz CT molecular complexity index is 569. The average molecular weight is 292 g/mol. The zero-order valence-electron chi connectivity index (χ0n) is 12.1. The van der Waals surface area contributed by atoms with Gasteiger partial charge in [-0.1, -0.05) is 13.8 Å². The van der Waals surface area contributed by atoms with E-state index in [2.05, 4.69) is 10.6 Å². The average Bonchev–Trinajstić information content (AvgIpc) is 2.40. The Morgan fingerprint density at radius 1 is 1.38 bits per heavy atom. The monoisotopic (exact) mass is 292 g/mol. The summed E-state index contributed by atoms with van der Waals surface area (Å²) in [7, 11) is 0. The van der Waals surface area contributed by atoms with Gasteiger partial charge in [0.2, 0.25) is 5.91 Å². The number of phenols is 1. The smallest absolute Gasteiger partial charge is 0.335 e. The summed E-state index contributed by atoms with van der Waals surface area (Å²) in [6.45, 7) is 4.79. The van der Waals surface area contributed by atoms with Crippen LogP contribution in [0.5, 0.6) is 5.75 Å². The predicted molar refractivity (Wildman–Crippen MR) is 78.5 cm³/mol. The molecule has 0 spiro atoms. The Balaban J connectivity index is 2.19. The van der Waals surface area contributed by atoms with Crippen molar-refractivity contribution in [2.75, 3.05) is 11.9 Å². The van der Waals surface area contributed by atoms with Crippen LogP contribution in [0.3, 0.4) is 0 Å². The van der Waals surface area contributed by atoms with Crippen LogP contribution in [0.25, 0.3) is 0 Å². The van der Waals surface area contributed by atoms with Crippen LogP contribution in [-0.2, 0) is 4.79 Å². The number of hydrogen-bond acceptors (Lipinski definition) is 4. The molecule has 6 nitrogen and oxygen atoms in total. The molecule has 1 fully saturated rings. The summed E-state index contributed by atoms with van der Waals surface area (Å²) in [6.07, 6.45) is 1.94. The highest BCUT2D eigenvalue weighted by Gasteiger charge is 2.37. The van der Waals surface area contributed by atoms with Gasteiger partial charge in [0.25, 0.3) is 0 Å². The second kappa shape index (κ2) is 5.73. The second-order valence-electron chi connectivity index (χ2n) is 6.01. The maximum absolute atomic E-state index is 12.4. The third-order valence-corrected chi connectivity index (χ3v) is 3.89. The number of amides is 1. The number of piperidine rings is 1. The molecular formula is C15H20N2O4. The number of carbonyl (C=O) groups excluding carboxylic acids is 1. The van der Waals surface area contributed by atoms with Gasteiger partial charge in [-0.2, -0.15) is 0 Å². The Hall–Kier alpha value is -2.08. The van der Waals surface area contributed by atoms with E-state index >= 15 is 0 Å². The number of carbonyl (C=O) groups is 2. The fourth-order valence-electron chi connectivity index (χ4n) is 2.63. The van der Waals surface area contributed by atoms with Gasteiger partial charge >= 0.3 is 5.97 Å². The molecule has 1 aromatic rings. The quantitative estimate of drug-likeness (QED) is 0.637. The molecule has 0 radical (unpaired) electrons. The highest BCUT2D eigenvalue weighted by molar-refractivity contribution is 5.98. The van der Waals surface area contributed by atoms with E-state index in [1.807, 2.05) is 13.8 Å². The Kier molecular flexibility index (Phi) is 4.18. The lowest BCUT2D eigenvalue weighted by Gasteiger charge is -2.38. The summed E-state index contributed by atoms with van der Waals surface area (Å²) < 4.78 is 0. The third-order valence-electron chi connectivity index (χ3n) is 3.89. The molecule has 1 unspecified atom stereocenters. The number of carboxylic acid groups (broad SMARTS) is 1. The lowest BCUT2D eigenvalue weighted by molar-refractivity contribution is -0.121. The van der Waals surface area contributed by atoms with Crippen molar-refractivity contribution in [2.45, 2.75) is 32.7 Å². The summed E-state index contributed by atoms with van der Waals surface area (Å²) in [6, 6.07) is 3.43. The maximum Gasteiger partial charge on any atom is 0.335 e. The Morgan fingerprint density at radius 2 is 2.10 bits per heavy atom. The minimum atomic E-state index is -1.11. The van der Waals surface area contributed by atoms with Gasteiger partial charge in [-0.25, -0.2) is 4.79 Å². The van der Waals surface area contributed by atoms with E-state index in [-0.39, 0.29) is 34.4 Å². The standard InChI is InChI=1S/C15H20N2O4/c1-15(2)6-3-7-16-12(15)13(19)17-10-8-9(14(20)21)4-5-11(10)18/h4-5,8,12,16,18H,3,6-7H2,1-2H3,(H,17,19)(H,20,21). The van der Waals surface area contributed by atoms with Crippen molar-refractivity contribution in [3.8, 4) is 5.75 Å². The molecule has 114 valence electrons. The zero-order chi connectivity index (χ0) is 15.6. The summed E-state index contributed by atoms with van der Waals surface area (Å²) >= 11 is 0. The Morgan fingerprint density at radius 3 is 2.71 bits per heavy atom. The Labute approximate surface area is 123 Å². The first-order valence-corrected chi connectivity index (χ1v) is 6.92. The lowest BCUT2D eigenvalue weighted by atomic mass is 9.77. The van der Waals surface area contributed by atoms with Crippen LogP contribution in [0.1, 0.15) is 37.0 Å². The van der Waals surface area contributed by atoms with Gasteiger partial charge in [-0.3, -0.25) is 4.79 Å². The largest absolute Gasteiger partial charge is 0.506 e. The van der Waals surface area contributed by atoms with E-state index in [1.54, 1.807) is 0 Å². The number of benzene rings is 1. The summed E-state index contributed by atoms with van der Waals surface area (Å²) in [5.74, 6) is -1.53. The van der Waals surface area contributed by atoms with Crippen LogP contribution in [-0.4, -0.2) is 34.7 Å². The lowest BCUT2D eigenvalue weighted by Crippen LogP contribution is -2.53. The number of carboxylic acids is 1. The molecule has 0 saturated carbocycles. The van der Waals surface area contributed by atoms with Crippen LogP contribution in [0, 0.1) is 5.41 Å². The van der Waals surface area contributed by atoms with E-state index in [9.17, 15) is 14.7 Å². The van der Waals surface area contributed by atoms with Crippen molar-refractivity contribution < 1.29 is 19.8 Å². The molecule has 2 rings (SSSR count). The van der Waals surface area contributed by atoms with Crippen molar-refractivity contribution in [1.82, 2.24) is 5.32 Å². The molecular weight excluding hydrogens is 272 g/mol. The molecule has 1 amide bonds. The van der Waals surface area contributed by atoms with E-state index in [4.69, 9.17) is 5.11 Å². The van der Waals surface area contributed by atoms with Gasteiger partial charge in [0.1, 0.15) is 5.75 Å². The molecule has 6 heteroatoms. The predicted octanol–water partition coefficient (Wildman–Crippen LogP) is 1.81. The number of aromatic carboxylic acids is 1. The van der Waals surface area contributed by atoms with Crippen LogP contribution in [0.2, 0.25) is 0 Å².